The Labute approximate surface area is 310 Å². The van der Waals surface area contributed by atoms with Crippen LogP contribution in [0.3, 0.4) is 0 Å². The number of H-pyrrole nitrogens is 2. The van der Waals surface area contributed by atoms with Crippen LogP contribution >= 0.6 is 0 Å². The molecule has 1 saturated carbocycles. The molecule has 8 rings (SSSR count). The minimum absolute atomic E-state index is 0.109. The number of anilines is 1. The zero-order valence-electron chi connectivity index (χ0n) is 31.0. The fourth-order valence-electron chi connectivity index (χ4n) is 8.73. The largest absolute Gasteiger partial charge is 0.505 e. The highest BCUT2D eigenvalue weighted by molar-refractivity contribution is 5.94. The van der Waals surface area contributed by atoms with Gasteiger partial charge in [0.25, 0.3) is 5.91 Å². The summed E-state index contributed by atoms with van der Waals surface area (Å²) in [6.07, 6.45) is 11.8. The summed E-state index contributed by atoms with van der Waals surface area (Å²) in [5.41, 5.74) is 6.26. The number of nitrogens with one attached hydrogen (secondary N) is 2. The average molecular weight is 720 g/mol. The van der Waals surface area contributed by atoms with E-state index < -0.39 is 5.82 Å². The van der Waals surface area contributed by atoms with Crippen molar-refractivity contribution >= 4 is 22.6 Å². The first-order valence-electron chi connectivity index (χ1n) is 19.4. The molecule has 3 aliphatic rings. The first kappa shape index (κ1) is 35.2. The predicted octanol–water partition coefficient (Wildman–Crippen LogP) is 6.79. The van der Waals surface area contributed by atoms with Crippen LogP contribution in [0.25, 0.3) is 33.5 Å². The van der Waals surface area contributed by atoms with Crippen molar-refractivity contribution in [1.29, 1.82) is 0 Å². The molecule has 0 spiro atoms. The maximum absolute atomic E-state index is 14.3. The van der Waals surface area contributed by atoms with E-state index >= 15 is 0 Å². The van der Waals surface area contributed by atoms with Gasteiger partial charge in [0, 0.05) is 69.2 Å². The Balaban J connectivity index is 0.886. The summed E-state index contributed by atoms with van der Waals surface area (Å²) in [6, 6.07) is 9.44. The van der Waals surface area contributed by atoms with Crippen molar-refractivity contribution in [3.63, 3.8) is 0 Å². The zero-order valence-corrected chi connectivity index (χ0v) is 31.0. The zero-order chi connectivity index (χ0) is 36.6. The van der Waals surface area contributed by atoms with Crippen LogP contribution in [0, 0.1) is 17.7 Å². The number of hydrogen-bond donors (Lipinski definition) is 3. The first-order chi connectivity index (χ1) is 25.7. The molecule has 0 radical (unpaired) electrons. The van der Waals surface area contributed by atoms with Gasteiger partial charge in [-0.15, -0.1) is 0 Å². The third-order valence-corrected chi connectivity index (χ3v) is 12.0. The van der Waals surface area contributed by atoms with Gasteiger partial charge in [-0.2, -0.15) is 5.10 Å². The minimum atomic E-state index is -0.644. The number of aromatic nitrogens is 6. The van der Waals surface area contributed by atoms with Crippen molar-refractivity contribution in [1.82, 2.24) is 39.9 Å². The van der Waals surface area contributed by atoms with Gasteiger partial charge in [-0.05, 0) is 91.3 Å². The molecule has 53 heavy (non-hydrogen) atoms. The number of benzene rings is 2. The van der Waals surface area contributed by atoms with Gasteiger partial charge in [0.15, 0.2) is 17.4 Å². The molecule has 0 unspecified atom stereocenters. The molecule has 5 heterocycles. The number of hydrogen-bond acceptors (Lipinski definition) is 8. The monoisotopic (exact) mass is 719 g/mol. The number of amides is 1. The van der Waals surface area contributed by atoms with E-state index in [1.165, 1.54) is 37.8 Å². The van der Waals surface area contributed by atoms with Crippen molar-refractivity contribution in [3.05, 3.63) is 71.2 Å². The first-order valence-corrected chi connectivity index (χ1v) is 19.4. The number of carbonyl (C=O) groups excluding carboxylic acids is 1. The molecule has 5 aromatic rings. The standard InChI is InChI=1S/C41H50FN9O2/c1-4-26-21-37(52)32(42)22-31(26)28-8-11-30-35(20-28)47-48-39(30)40-45-33-12-16-51(17-13-34(33)46-40)41(53)36-23-44-38(24-43-36)50-15-5-14-49(18-19-50)29-9-6-27(7-10-29)25(2)3/h8,11,20-25,27,29,52H,4-7,9-10,12-19H2,1-3H3,(H,45,46)(H,47,48). The van der Waals surface area contributed by atoms with E-state index in [1.807, 2.05) is 30.0 Å². The third kappa shape index (κ3) is 7.13. The number of aryl methyl sites for hydroxylation is 1. The molecule has 2 aliphatic heterocycles. The lowest BCUT2D eigenvalue weighted by atomic mass is 9.79. The van der Waals surface area contributed by atoms with E-state index in [0.29, 0.717) is 55.6 Å². The van der Waals surface area contributed by atoms with Gasteiger partial charge >= 0.3 is 0 Å². The number of halogens is 1. The Morgan fingerprint density at radius 1 is 0.981 bits per heavy atom. The highest BCUT2D eigenvalue weighted by atomic mass is 19.1. The molecule has 1 saturated heterocycles. The summed E-state index contributed by atoms with van der Waals surface area (Å²) in [7, 11) is 0. The summed E-state index contributed by atoms with van der Waals surface area (Å²) in [6.45, 7) is 11.9. The van der Waals surface area contributed by atoms with Gasteiger partial charge in [-0.1, -0.05) is 26.8 Å². The van der Waals surface area contributed by atoms with Crippen LogP contribution in [0.5, 0.6) is 5.75 Å². The topological polar surface area (TPSA) is 130 Å². The number of phenols is 1. The SMILES string of the molecule is CCc1cc(O)c(F)cc1-c1ccc2c(-c3nc4c([nH]3)CCN(C(=O)c3cnc(N5CCCN(C6CCC(C(C)C)CC6)CC5)cn3)CC4)n[nH]c2c1. The Kier molecular flexibility index (Phi) is 9.89. The number of nitrogens with zero attached hydrogens (tertiary/aromatic N) is 7. The Hall–Kier alpha value is -4.84. The molecule has 2 aromatic carbocycles. The maximum Gasteiger partial charge on any atom is 0.274 e. The minimum Gasteiger partial charge on any atom is -0.505 e. The average Bonchev–Trinajstić information content (AvgIpc) is 3.62. The van der Waals surface area contributed by atoms with Gasteiger partial charge in [0.1, 0.15) is 17.2 Å². The van der Waals surface area contributed by atoms with E-state index in [1.54, 1.807) is 12.4 Å². The van der Waals surface area contributed by atoms with Crippen LogP contribution in [-0.4, -0.2) is 96.3 Å². The van der Waals surface area contributed by atoms with Gasteiger partial charge in [0.2, 0.25) is 0 Å². The number of carbonyl (C=O) groups is 1. The van der Waals surface area contributed by atoms with Crippen LogP contribution in [0.15, 0.2) is 42.7 Å². The molecule has 2 fully saturated rings. The number of aromatic amines is 2. The summed E-state index contributed by atoms with van der Waals surface area (Å²) in [4.78, 5) is 38.2. The van der Waals surface area contributed by atoms with Crippen molar-refractivity contribution in [3.8, 4) is 28.4 Å². The summed E-state index contributed by atoms with van der Waals surface area (Å²) in [5, 5.41) is 18.5. The number of rotatable bonds is 7. The summed E-state index contributed by atoms with van der Waals surface area (Å²) < 4.78 is 14.3. The lowest BCUT2D eigenvalue weighted by molar-refractivity contribution is 0.0756. The Morgan fingerprint density at radius 2 is 1.81 bits per heavy atom. The Bertz CT molecular complexity index is 2060. The van der Waals surface area contributed by atoms with Gasteiger partial charge in [0.05, 0.1) is 23.6 Å². The van der Waals surface area contributed by atoms with E-state index in [-0.39, 0.29) is 11.7 Å². The number of aromatic hydroxyl groups is 1. The molecule has 0 bridgehead atoms. The van der Waals surface area contributed by atoms with Gasteiger partial charge in [-0.25, -0.2) is 19.3 Å². The third-order valence-electron chi connectivity index (χ3n) is 12.0. The van der Waals surface area contributed by atoms with Gasteiger partial charge in [-0.3, -0.25) is 14.8 Å². The molecule has 3 aromatic heterocycles. The molecule has 1 aliphatic carbocycles. The van der Waals surface area contributed by atoms with Crippen LogP contribution in [0.4, 0.5) is 10.2 Å². The van der Waals surface area contributed by atoms with Gasteiger partial charge < -0.3 is 19.9 Å². The van der Waals surface area contributed by atoms with E-state index in [2.05, 4.69) is 43.8 Å². The molecule has 278 valence electrons. The highest BCUT2D eigenvalue weighted by Gasteiger charge is 2.29. The second-order valence-corrected chi connectivity index (χ2v) is 15.4. The number of fused-ring (bicyclic) bond motifs is 2. The molecular formula is C41H50FN9O2. The predicted molar refractivity (Wildman–Crippen MR) is 204 cm³/mol. The molecule has 11 nitrogen and oxygen atoms in total. The summed E-state index contributed by atoms with van der Waals surface area (Å²) in [5.74, 6) is 2.09. The molecular weight excluding hydrogens is 670 g/mol. The molecule has 12 heteroatoms. The second kappa shape index (κ2) is 14.9. The van der Waals surface area contributed by atoms with E-state index in [0.717, 1.165) is 89.2 Å². The van der Waals surface area contributed by atoms with Crippen molar-refractivity contribution in [2.45, 2.75) is 78.2 Å². The van der Waals surface area contributed by atoms with Crippen LogP contribution in [-0.2, 0) is 19.3 Å². The lowest BCUT2D eigenvalue weighted by Crippen LogP contribution is -2.41. The van der Waals surface area contributed by atoms with E-state index in [9.17, 15) is 14.3 Å². The number of phenolic OH excluding ortho intramolecular Hbond substituents is 1. The maximum atomic E-state index is 14.3. The fourth-order valence-corrected chi connectivity index (χ4v) is 8.73. The molecule has 3 N–H and O–H groups in total. The lowest BCUT2D eigenvalue weighted by Gasteiger charge is -2.37. The van der Waals surface area contributed by atoms with Crippen molar-refractivity contribution < 1.29 is 14.3 Å². The Morgan fingerprint density at radius 3 is 2.58 bits per heavy atom. The smallest absolute Gasteiger partial charge is 0.274 e. The second-order valence-electron chi connectivity index (χ2n) is 15.4. The highest BCUT2D eigenvalue weighted by Crippen LogP contribution is 2.35. The van der Waals surface area contributed by atoms with Crippen molar-refractivity contribution in [2.75, 3.05) is 44.2 Å². The summed E-state index contributed by atoms with van der Waals surface area (Å²) >= 11 is 0. The molecule has 1 amide bonds. The normalized spacial score (nSPS) is 20.1. The van der Waals surface area contributed by atoms with Crippen LogP contribution < -0.4 is 4.90 Å². The number of imidazole rings is 1. The van der Waals surface area contributed by atoms with Crippen LogP contribution in [0.2, 0.25) is 0 Å². The molecule has 0 atom stereocenters. The van der Waals surface area contributed by atoms with E-state index in [4.69, 9.17) is 9.97 Å². The van der Waals surface area contributed by atoms with Crippen molar-refractivity contribution in [2.24, 2.45) is 11.8 Å². The van der Waals surface area contributed by atoms with Crippen LogP contribution in [0.1, 0.15) is 80.3 Å². The quantitative estimate of drug-likeness (QED) is 0.168. The fraction of sp³-hybridized carbons (Fsp3) is 0.488.